The van der Waals surface area contributed by atoms with E-state index in [9.17, 15) is 13.2 Å². The molecule has 1 atom stereocenters. The average molecular weight is 403 g/mol. The minimum Gasteiger partial charge on any atom is -0.494 e. The van der Waals surface area contributed by atoms with E-state index in [1.165, 1.54) is 4.31 Å². The fourth-order valence-corrected chi connectivity index (χ4v) is 4.89. The van der Waals surface area contributed by atoms with Crippen molar-refractivity contribution in [3.63, 3.8) is 0 Å². The van der Waals surface area contributed by atoms with Gasteiger partial charge in [-0.25, -0.2) is 8.42 Å². The van der Waals surface area contributed by atoms with Gasteiger partial charge in [0.05, 0.1) is 17.4 Å². The van der Waals surface area contributed by atoms with Crippen molar-refractivity contribution in [3.8, 4) is 5.75 Å². The van der Waals surface area contributed by atoms with Crippen LogP contribution in [0.25, 0.3) is 0 Å². The molecule has 6 nitrogen and oxygen atoms in total. The molecule has 150 valence electrons. The zero-order chi connectivity index (χ0) is 20.1. The largest absolute Gasteiger partial charge is 0.494 e. The summed E-state index contributed by atoms with van der Waals surface area (Å²) in [6.45, 7) is 4.97. The number of ether oxygens (including phenoxy) is 1. The number of nitrogens with one attached hydrogen (secondary N) is 1. The van der Waals surface area contributed by atoms with Gasteiger partial charge >= 0.3 is 0 Å². The first kappa shape index (κ1) is 20.4. The van der Waals surface area contributed by atoms with Crippen LogP contribution < -0.4 is 10.1 Å². The maximum absolute atomic E-state index is 13.0. The summed E-state index contributed by atoms with van der Waals surface area (Å²) < 4.78 is 32.7. The Morgan fingerprint density at radius 3 is 2.64 bits per heavy atom. The highest BCUT2D eigenvalue weighted by molar-refractivity contribution is 7.89. The summed E-state index contributed by atoms with van der Waals surface area (Å²) in [4.78, 5) is 12.9. The molecule has 0 unspecified atom stereocenters. The smallest absolute Gasteiger partial charge is 0.243 e. The van der Waals surface area contributed by atoms with Crippen LogP contribution >= 0.6 is 0 Å². The van der Waals surface area contributed by atoms with Crippen molar-refractivity contribution in [2.75, 3.05) is 25.0 Å². The fourth-order valence-electron chi connectivity index (χ4n) is 3.37. The molecule has 0 saturated carbocycles. The van der Waals surface area contributed by atoms with Crippen LogP contribution in [0.2, 0.25) is 0 Å². The number of piperidine rings is 1. The normalized spacial score (nSPS) is 17.9. The minimum absolute atomic E-state index is 0.141. The molecule has 1 amide bonds. The Balaban J connectivity index is 1.70. The summed E-state index contributed by atoms with van der Waals surface area (Å²) >= 11 is 0. The van der Waals surface area contributed by atoms with Crippen LogP contribution in [-0.4, -0.2) is 38.3 Å². The van der Waals surface area contributed by atoms with E-state index in [0.717, 1.165) is 11.3 Å². The van der Waals surface area contributed by atoms with Gasteiger partial charge in [0.15, 0.2) is 0 Å². The highest BCUT2D eigenvalue weighted by Gasteiger charge is 2.33. The predicted molar refractivity (Wildman–Crippen MR) is 109 cm³/mol. The third-order valence-electron chi connectivity index (χ3n) is 4.81. The highest BCUT2D eigenvalue weighted by atomic mass is 32.2. The Morgan fingerprint density at radius 1 is 1.21 bits per heavy atom. The van der Waals surface area contributed by atoms with E-state index >= 15 is 0 Å². The SMILES string of the molecule is CCOc1ccc(S(=O)(=O)N2CCC[C@H](C(=O)Nc3cccc(C)c3)C2)cc1. The Hall–Kier alpha value is -2.38. The number of aryl methyl sites for hydroxylation is 1. The van der Waals surface area contributed by atoms with Gasteiger partial charge in [-0.1, -0.05) is 12.1 Å². The molecule has 1 saturated heterocycles. The van der Waals surface area contributed by atoms with Crippen LogP contribution in [0.5, 0.6) is 5.75 Å². The average Bonchev–Trinajstić information content (AvgIpc) is 2.69. The van der Waals surface area contributed by atoms with Crippen molar-refractivity contribution in [3.05, 3.63) is 54.1 Å². The van der Waals surface area contributed by atoms with Gasteiger partial charge < -0.3 is 10.1 Å². The Morgan fingerprint density at radius 2 is 1.96 bits per heavy atom. The number of anilines is 1. The lowest BCUT2D eigenvalue weighted by molar-refractivity contribution is -0.120. The van der Waals surface area contributed by atoms with Gasteiger partial charge in [0.1, 0.15) is 5.75 Å². The molecular formula is C21H26N2O4S. The number of sulfonamides is 1. The van der Waals surface area contributed by atoms with Crippen LogP contribution in [0.15, 0.2) is 53.4 Å². The number of benzene rings is 2. The Kier molecular flexibility index (Phi) is 6.36. The first-order chi connectivity index (χ1) is 13.4. The zero-order valence-corrected chi connectivity index (χ0v) is 17.0. The van der Waals surface area contributed by atoms with E-state index < -0.39 is 10.0 Å². The lowest BCUT2D eigenvalue weighted by Gasteiger charge is -2.31. The summed E-state index contributed by atoms with van der Waals surface area (Å²) in [5.41, 5.74) is 1.79. The van der Waals surface area contributed by atoms with Gasteiger partial charge in [-0.3, -0.25) is 4.79 Å². The third kappa shape index (κ3) is 4.72. The van der Waals surface area contributed by atoms with Crippen LogP contribution in [0.4, 0.5) is 5.69 Å². The molecule has 1 heterocycles. The van der Waals surface area contributed by atoms with Crippen LogP contribution in [0.1, 0.15) is 25.3 Å². The predicted octanol–water partition coefficient (Wildman–Crippen LogP) is 3.43. The molecule has 0 bridgehead atoms. The molecule has 1 aliphatic heterocycles. The van der Waals surface area contributed by atoms with E-state index in [1.54, 1.807) is 24.3 Å². The number of amides is 1. The van der Waals surface area contributed by atoms with Crippen molar-refractivity contribution in [1.82, 2.24) is 4.31 Å². The van der Waals surface area contributed by atoms with E-state index in [-0.39, 0.29) is 23.3 Å². The summed E-state index contributed by atoms with van der Waals surface area (Å²) in [6.07, 6.45) is 1.33. The van der Waals surface area contributed by atoms with Crippen LogP contribution in [-0.2, 0) is 14.8 Å². The van der Waals surface area contributed by atoms with E-state index in [0.29, 0.717) is 31.7 Å². The summed E-state index contributed by atoms with van der Waals surface area (Å²) in [5, 5.41) is 2.91. The molecule has 7 heteroatoms. The van der Waals surface area contributed by atoms with Gasteiger partial charge in [-0.2, -0.15) is 4.31 Å². The highest BCUT2D eigenvalue weighted by Crippen LogP contribution is 2.26. The number of rotatable bonds is 6. The molecular weight excluding hydrogens is 376 g/mol. The fraction of sp³-hybridized carbons (Fsp3) is 0.381. The molecule has 2 aromatic rings. The van der Waals surface area contributed by atoms with E-state index in [2.05, 4.69) is 5.32 Å². The summed E-state index contributed by atoms with van der Waals surface area (Å²) in [7, 11) is -3.64. The molecule has 1 aliphatic rings. The van der Waals surface area contributed by atoms with Gasteiger partial charge in [0, 0.05) is 18.8 Å². The minimum atomic E-state index is -3.64. The van der Waals surface area contributed by atoms with Gasteiger partial charge in [0.2, 0.25) is 15.9 Å². The number of hydrogen-bond acceptors (Lipinski definition) is 4. The molecule has 3 rings (SSSR count). The summed E-state index contributed by atoms with van der Waals surface area (Å²) in [5.74, 6) is 0.124. The van der Waals surface area contributed by atoms with Crippen molar-refractivity contribution in [2.24, 2.45) is 5.92 Å². The van der Waals surface area contributed by atoms with Crippen LogP contribution in [0.3, 0.4) is 0 Å². The molecule has 0 aliphatic carbocycles. The lowest BCUT2D eigenvalue weighted by atomic mass is 9.98. The number of carbonyl (C=O) groups is 1. The van der Waals surface area contributed by atoms with Crippen molar-refractivity contribution in [1.29, 1.82) is 0 Å². The number of hydrogen-bond donors (Lipinski definition) is 1. The molecule has 1 fully saturated rings. The van der Waals surface area contributed by atoms with Crippen molar-refractivity contribution in [2.45, 2.75) is 31.6 Å². The van der Waals surface area contributed by atoms with Gasteiger partial charge in [-0.15, -0.1) is 0 Å². The quantitative estimate of drug-likeness (QED) is 0.803. The van der Waals surface area contributed by atoms with Crippen LogP contribution in [0, 0.1) is 12.8 Å². The van der Waals surface area contributed by atoms with E-state index in [4.69, 9.17) is 4.74 Å². The Bertz CT molecular complexity index is 926. The second kappa shape index (κ2) is 8.75. The van der Waals surface area contributed by atoms with E-state index in [1.807, 2.05) is 38.1 Å². The number of nitrogens with zero attached hydrogens (tertiary/aromatic N) is 1. The number of carbonyl (C=O) groups excluding carboxylic acids is 1. The summed E-state index contributed by atoms with van der Waals surface area (Å²) in [6, 6.07) is 14.0. The van der Waals surface area contributed by atoms with Crippen molar-refractivity contribution < 1.29 is 17.9 Å². The standard InChI is InChI=1S/C21H26N2O4S/c1-3-27-19-9-11-20(12-10-19)28(25,26)23-13-5-7-17(15-23)21(24)22-18-8-4-6-16(2)14-18/h4,6,8-12,14,17H,3,5,7,13,15H2,1-2H3,(H,22,24)/t17-/m0/s1. The molecule has 0 aromatic heterocycles. The molecule has 1 N–H and O–H groups in total. The van der Waals surface area contributed by atoms with Crippen molar-refractivity contribution >= 4 is 21.6 Å². The lowest BCUT2D eigenvalue weighted by Crippen LogP contribution is -2.43. The first-order valence-corrected chi connectivity index (χ1v) is 10.9. The molecule has 0 spiro atoms. The maximum Gasteiger partial charge on any atom is 0.243 e. The van der Waals surface area contributed by atoms with Gasteiger partial charge in [0.25, 0.3) is 0 Å². The molecule has 0 radical (unpaired) electrons. The second-order valence-electron chi connectivity index (χ2n) is 6.97. The third-order valence-corrected chi connectivity index (χ3v) is 6.69. The second-order valence-corrected chi connectivity index (χ2v) is 8.90. The maximum atomic E-state index is 13.0. The topological polar surface area (TPSA) is 75.7 Å². The first-order valence-electron chi connectivity index (χ1n) is 9.50. The monoisotopic (exact) mass is 402 g/mol. The zero-order valence-electron chi connectivity index (χ0n) is 16.2. The van der Waals surface area contributed by atoms with Gasteiger partial charge in [-0.05, 0) is 68.7 Å². The Labute approximate surface area is 166 Å². The molecule has 2 aromatic carbocycles. The molecule has 28 heavy (non-hydrogen) atoms.